The fourth-order valence-electron chi connectivity index (χ4n) is 3.80. The SMILES string of the molecule is CNc1nc(N2CCN(c3cccc(OC)c3)CC2)nc2c1C(=O)CCC2. The van der Waals surface area contributed by atoms with Crippen molar-refractivity contribution in [3.8, 4) is 5.75 Å². The van der Waals surface area contributed by atoms with Gasteiger partial charge in [0.15, 0.2) is 5.78 Å². The van der Waals surface area contributed by atoms with Crippen molar-refractivity contribution in [2.45, 2.75) is 19.3 Å². The second-order valence-electron chi connectivity index (χ2n) is 6.90. The van der Waals surface area contributed by atoms with E-state index in [9.17, 15) is 4.79 Å². The first-order chi connectivity index (χ1) is 13.2. The Morgan fingerprint density at radius 3 is 2.59 bits per heavy atom. The van der Waals surface area contributed by atoms with E-state index in [1.165, 1.54) is 5.69 Å². The summed E-state index contributed by atoms with van der Waals surface area (Å²) in [5, 5.41) is 3.09. The van der Waals surface area contributed by atoms with Gasteiger partial charge in [0.1, 0.15) is 11.6 Å². The zero-order chi connectivity index (χ0) is 18.8. The minimum Gasteiger partial charge on any atom is -0.497 e. The van der Waals surface area contributed by atoms with Crippen molar-refractivity contribution in [1.82, 2.24) is 9.97 Å². The Morgan fingerprint density at radius 2 is 1.85 bits per heavy atom. The average Bonchev–Trinajstić information content (AvgIpc) is 2.73. The molecule has 4 rings (SSSR count). The normalized spacial score (nSPS) is 16.9. The molecule has 7 nitrogen and oxygen atoms in total. The molecule has 1 saturated heterocycles. The predicted octanol–water partition coefficient (Wildman–Crippen LogP) is 2.37. The fraction of sp³-hybridized carbons (Fsp3) is 0.450. The third kappa shape index (κ3) is 3.41. The van der Waals surface area contributed by atoms with Gasteiger partial charge >= 0.3 is 0 Å². The van der Waals surface area contributed by atoms with E-state index in [0.717, 1.165) is 56.4 Å². The number of benzene rings is 1. The monoisotopic (exact) mass is 367 g/mol. The van der Waals surface area contributed by atoms with Crippen molar-refractivity contribution in [2.75, 3.05) is 55.5 Å². The first kappa shape index (κ1) is 17.6. The van der Waals surface area contributed by atoms with Crippen molar-refractivity contribution in [1.29, 1.82) is 0 Å². The predicted molar refractivity (Wildman–Crippen MR) is 106 cm³/mol. The molecular weight excluding hydrogens is 342 g/mol. The molecule has 2 heterocycles. The molecule has 27 heavy (non-hydrogen) atoms. The highest BCUT2D eigenvalue weighted by Gasteiger charge is 2.26. The molecule has 1 aliphatic carbocycles. The number of Topliss-reactive ketones (excluding diaryl/α,β-unsaturated/α-hetero) is 1. The number of nitrogens with one attached hydrogen (secondary N) is 1. The molecule has 0 spiro atoms. The summed E-state index contributed by atoms with van der Waals surface area (Å²) >= 11 is 0. The molecule has 1 aromatic heterocycles. The maximum atomic E-state index is 12.3. The van der Waals surface area contributed by atoms with Crippen molar-refractivity contribution in [2.24, 2.45) is 0 Å². The lowest BCUT2D eigenvalue weighted by atomic mass is 9.95. The number of aromatic nitrogens is 2. The summed E-state index contributed by atoms with van der Waals surface area (Å²) in [7, 11) is 3.50. The van der Waals surface area contributed by atoms with E-state index in [0.29, 0.717) is 17.8 Å². The molecule has 0 bridgehead atoms. The van der Waals surface area contributed by atoms with Gasteiger partial charge in [-0.25, -0.2) is 4.98 Å². The fourth-order valence-corrected chi connectivity index (χ4v) is 3.80. The number of carbonyl (C=O) groups excluding carboxylic acids is 1. The maximum absolute atomic E-state index is 12.3. The molecule has 1 aromatic carbocycles. The molecular formula is C20H25N5O2. The van der Waals surface area contributed by atoms with Gasteiger partial charge in [-0.1, -0.05) is 6.07 Å². The van der Waals surface area contributed by atoms with Gasteiger partial charge in [-0.15, -0.1) is 0 Å². The lowest BCUT2D eigenvalue weighted by Gasteiger charge is -2.36. The molecule has 2 aromatic rings. The van der Waals surface area contributed by atoms with Crippen molar-refractivity contribution in [3.63, 3.8) is 0 Å². The van der Waals surface area contributed by atoms with Crippen LogP contribution in [0.1, 0.15) is 28.9 Å². The van der Waals surface area contributed by atoms with Crippen LogP contribution in [0.4, 0.5) is 17.5 Å². The third-order valence-electron chi connectivity index (χ3n) is 5.29. The summed E-state index contributed by atoms with van der Waals surface area (Å²) < 4.78 is 5.33. The minimum absolute atomic E-state index is 0.148. The molecule has 0 atom stereocenters. The van der Waals surface area contributed by atoms with E-state index in [1.807, 2.05) is 19.2 Å². The van der Waals surface area contributed by atoms with Crippen molar-refractivity contribution < 1.29 is 9.53 Å². The number of methoxy groups -OCH3 is 1. The van der Waals surface area contributed by atoms with Crippen LogP contribution in [0.3, 0.4) is 0 Å². The van der Waals surface area contributed by atoms with E-state index in [1.54, 1.807) is 7.11 Å². The van der Waals surface area contributed by atoms with Gasteiger partial charge in [-0.05, 0) is 25.0 Å². The number of fused-ring (bicyclic) bond motifs is 1. The summed E-state index contributed by atoms with van der Waals surface area (Å²) in [6.45, 7) is 3.46. The zero-order valence-corrected chi connectivity index (χ0v) is 15.9. The highest BCUT2D eigenvalue weighted by Crippen LogP contribution is 2.28. The van der Waals surface area contributed by atoms with Gasteiger partial charge in [0.2, 0.25) is 5.95 Å². The van der Waals surface area contributed by atoms with Crippen LogP contribution in [0.5, 0.6) is 5.75 Å². The summed E-state index contributed by atoms with van der Waals surface area (Å²) in [6, 6.07) is 8.15. The Labute approximate surface area is 159 Å². The number of hydrogen-bond acceptors (Lipinski definition) is 7. The largest absolute Gasteiger partial charge is 0.497 e. The van der Waals surface area contributed by atoms with Crippen LogP contribution in [-0.2, 0) is 6.42 Å². The van der Waals surface area contributed by atoms with Gasteiger partial charge in [0.05, 0.1) is 18.4 Å². The van der Waals surface area contributed by atoms with Gasteiger partial charge in [0, 0.05) is 51.4 Å². The number of anilines is 3. The molecule has 7 heteroatoms. The molecule has 1 aliphatic heterocycles. The summed E-state index contributed by atoms with van der Waals surface area (Å²) in [5.74, 6) is 2.40. The molecule has 142 valence electrons. The second-order valence-corrected chi connectivity index (χ2v) is 6.90. The number of rotatable bonds is 4. The topological polar surface area (TPSA) is 70.6 Å². The Morgan fingerprint density at radius 1 is 1.07 bits per heavy atom. The van der Waals surface area contributed by atoms with E-state index in [4.69, 9.17) is 9.72 Å². The Bertz CT molecular complexity index is 829. The Hall–Kier alpha value is -2.83. The van der Waals surface area contributed by atoms with Crippen LogP contribution in [0.25, 0.3) is 0 Å². The highest BCUT2D eigenvalue weighted by atomic mass is 16.5. The third-order valence-corrected chi connectivity index (χ3v) is 5.29. The number of carbonyl (C=O) groups is 1. The standard InChI is InChI=1S/C20H25N5O2/c1-21-19-18-16(7-4-8-17(18)26)22-20(23-19)25-11-9-24(10-12-25)14-5-3-6-15(13-14)27-2/h3,5-6,13H,4,7-12H2,1-2H3,(H,21,22,23). The number of aryl methyl sites for hydroxylation is 1. The van der Waals surface area contributed by atoms with Gasteiger partial charge in [-0.3, -0.25) is 4.79 Å². The highest BCUT2D eigenvalue weighted by molar-refractivity contribution is 6.02. The number of nitrogens with zero attached hydrogens (tertiary/aromatic N) is 4. The number of ketones is 1. The summed E-state index contributed by atoms with van der Waals surface area (Å²) in [4.78, 5) is 26.2. The van der Waals surface area contributed by atoms with Crippen molar-refractivity contribution >= 4 is 23.2 Å². The van der Waals surface area contributed by atoms with Crippen molar-refractivity contribution in [3.05, 3.63) is 35.5 Å². The number of piperazine rings is 1. The summed E-state index contributed by atoms with van der Waals surface area (Å²) in [5.41, 5.74) is 2.74. The lowest BCUT2D eigenvalue weighted by Crippen LogP contribution is -2.47. The number of ether oxygens (including phenoxy) is 1. The molecule has 0 radical (unpaired) electrons. The molecule has 2 aliphatic rings. The molecule has 1 N–H and O–H groups in total. The van der Waals surface area contributed by atoms with Gasteiger partial charge in [0.25, 0.3) is 0 Å². The maximum Gasteiger partial charge on any atom is 0.227 e. The van der Waals surface area contributed by atoms with Gasteiger partial charge < -0.3 is 19.9 Å². The quantitative estimate of drug-likeness (QED) is 0.889. The average molecular weight is 367 g/mol. The van der Waals surface area contributed by atoms with E-state index < -0.39 is 0 Å². The van der Waals surface area contributed by atoms with Crippen LogP contribution in [0.2, 0.25) is 0 Å². The Balaban J connectivity index is 1.52. The van der Waals surface area contributed by atoms with Crippen LogP contribution < -0.4 is 19.9 Å². The molecule has 1 fully saturated rings. The summed E-state index contributed by atoms with van der Waals surface area (Å²) in [6.07, 6.45) is 2.30. The van der Waals surface area contributed by atoms with E-state index >= 15 is 0 Å². The van der Waals surface area contributed by atoms with E-state index in [2.05, 4.69) is 32.2 Å². The molecule has 0 unspecified atom stereocenters. The molecule has 0 saturated carbocycles. The second kappa shape index (κ2) is 7.42. The molecule has 0 amide bonds. The minimum atomic E-state index is 0.148. The lowest BCUT2D eigenvalue weighted by molar-refractivity contribution is 0.0972. The first-order valence-corrected chi connectivity index (χ1v) is 9.45. The van der Waals surface area contributed by atoms with Crippen LogP contribution in [0, 0.1) is 0 Å². The van der Waals surface area contributed by atoms with Crippen LogP contribution in [0.15, 0.2) is 24.3 Å². The first-order valence-electron chi connectivity index (χ1n) is 9.45. The van der Waals surface area contributed by atoms with Gasteiger partial charge in [-0.2, -0.15) is 4.98 Å². The number of hydrogen-bond donors (Lipinski definition) is 1. The Kier molecular flexibility index (Phi) is 4.83. The zero-order valence-electron chi connectivity index (χ0n) is 15.9. The smallest absolute Gasteiger partial charge is 0.227 e. The van der Waals surface area contributed by atoms with Crippen LogP contribution >= 0.6 is 0 Å². The van der Waals surface area contributed by atoms with Crippen LogP contribution in [-0.4, -0.2) is 56.1 Å². The van der Waals surface area contributed by atoms with E-state index in [-0.39, 0.29) is 5.78 Å².